The molecule has 1 aromatic heterocycles. The minimum Gasteiger partial charge on any atom is -0.375 e. The predicted molar refractivity (Wildman–Crippen MR) is 64.8 cm³/mol. The van der Waals surface area contributed by atoms with E-state index in [2.05, 4.69) is 20.6 Å². The standard InChI is InChI=1S/C12H18N4O/c1-4-14-12(15-5-1)16-8-9-2-3-10-11(9)17-7-6-13-10/h1,4-5,9-11,13H,2-3,6-8H2,(H,14,15,16)/t9-,10-,11-/m0/s1. The lowest BCUT2D eigenvalue weighted by Crippen LogP contribution is -2.48. The topological polar surface area (TPSA) is 59.1 Å². The van der Waals surface area contributed by atoms with Crippen molar-refractivity contribution in [3.05, 3.63) is 18.5 Å². The van der Waals surface area contributed by atoms with Gasteiger partial charge >= 0.3 is 0 Å². The van der Waals surface area contributed by atoms with E-state index in [9.17, 15) is 0 Å². The Hall–Kier alpha value is -1.20. The fourth-order valence-corrected chi connectivity index (χ4v) is 2.79. The average molecular weight is 234 g/mol. The Morgan fingerprint density at radius 3 is 3.12 bits per heavy atom. The van der Waals surface area contributed by atoms with Gasteiger partial charge < -0.3 is 15.4 Å². The van der Waals surface area contributed by atoms with E-state index in [0.717, 1.165) is 19.7 Å². The second-order valence-electron chi connectivity index (χ2n) is 4.69. The molecule has 2 heterocycles. The van der Waals surface area contributed by atoms with Crippen molar-refractivity contribution < 1.29 is 4.74 Å². The first-order valence-corrected chi connectivity index (χ1v) is 6.29. The van der Waals surface area contributed by atoms with Crippen LogP contribution in [0, 0.1) is 5.92 Å². The zero-order valence-corrected chi connectivity index (χ0v) is 9.80. The first-order chi connectivity index (χ1) is 8.43. The summed E-state index contributed by atoms with van der Waals surface area (Å²) in [7, 11) is 0. The molecule has 0 aromatic carbocycles. The van der Waals surface area contributed by atoms with Gasteiger partial charge in [0.25, 0.3) is 0 Å². The highest BCUT2D eigenvalue weighted by atomic mass is 16.5. The van der Waals surface area contributed by atoms with E-state index in [1.165, 1.54) is 12.8 Å². The molecule has 92 valence electrons. The quantitative estimate of drug-likeness (QED) is 0.804. The summed E-state index contributed by atoms with van der Waals surface area (Å²) < 4.78 is 5.86. The van der Waals surface area contributed by atoms with E-state index in [4.69, 9.17) is 4.74 Å². The molecule has 3 rings (SSSR count). The molecule has 0 radical (unpaired) electrons. The van der Waals surface area contributed by atoms with Crippen LogP contribution in [0.4, 0.5) is 5.95 Å². The molecule has 0 spiro atoms. The van der Waals surface area contributed by atoms with Crippen molar-refractivity contribution in [1.82, 2.24) is 15.3 Å². The SMILES string of the molecule is c1cnc(NC[C@@H]2CC[C@@H]3NCCO[C@@H]23)nc1. The Morgan fingerprint density at radius 1 is 1.35 bits per heavy atom. The molecule has 1 saturated heterocycles. The maximum Gasteiger partial charge on any atom is 0.222 e. The number of hydrogen-bond donors (Lipinski definition) is 2. The Balaban J connectivity index is 1.55. The van der Waals surface area contributed by atoms with Crippen LogP contribution in [0.2, 0.25) is 0 Å². The second kappa shape index (κ2) is 4.98. The number of nitrogens with one attached hydrogen (secondary N) is 2. The summed E-state index contributed by atoms with van der Waals surface area (Å²) in [5, 5.41) is 6.81. The van der Waals surface area contributed by atoms with Crippen molar-refractivity contribution in [2.45, 2.75) is 25.0 Å². The van der Waals surface area contributed by atoms with Gasteiger partial charge in [0, 0.05) is 37.4 Å². The van der Waals surface area contributed by atoms with Crippen molar-refractivity contribution in [2.24, 2.45) is 5.92 Å². The number of nitrogens with zero attached hydrogens (tertiary/aromatic N) is 2. The lowest BCUT2D eigenvalue weighted by atomic mass is 10.0. The van der Waals surface area contributed by atoms with Crippen LogP contribution in [0.15, 0.2) is 18.5 Å². The molecule has 5 nitrogen and oxygen atoms in total. The third-order valence-corrected chi connectivity index (χ3v) is 3.62. The number of morpholine rings is 1. The van der Waals surface area contributed by atoms with Crippen molar-refractivity contribution in [2.75, 3.05) is 25.0 Å². The Morgan fingerprint density at radius 2 is 2.24 bits per heavy atom. The summed E-state index contributed by atoms with van der Waals surface area (Å²) in [4.78, 5) is 8.33. The number of aromatic nitrogens is 2. The normalized spacial score (nSPS) is 32.1. The zero-order chi connectivity index (χ0) is 11.5. The number of anilines is 1. The maximum atomic E-state index is 5.86. The lowest BCUT2D eigenvalue weighted by molar-refractivity contribution is -0.0115. The molecule has 2 N–H and O–H groups in total. The van der Waals surface area contributed by atoms with Gasteiger partial charge in [0.05, 0.1) is 12.7 Å². The van der Waals surface area contributed by atoms with Crippen molar-refractivity contribution >= 4 is 5.95 Å². The van der Waals surface area contributed by atoms with E-state index in [1.807, 2.05) is 6.07 Å². The Labute approximate surface area is 101 Å². The van der Waals surface area contributed by atoms with Crippen LogP contribution in [-0.2, 0) is 4.74 Å². The summed E-state index contributed by atoms with van der Waals surface area (Å²) in [6.45, 7) is 2.72. The van der Waals surface area contributed by atoms with Gasteiger partial charge in [-0.25, -0.2) is 9.97 Å². The Kier molecular flexibility index (Phi) is 3.20. The summed E-state index contributed by atoms with van der Waals surface area (Å²) in [5.41, 5.74) is 0. The number of hydrogen-bond acceptors (Lipinski definition) is 5. The summed E-state index contributed by atoms with van der Waals surface area (Å²) >= 11 is 0. The first kappa shape index (κ1) is 10.9. The molecule has 1 saturated carbocycles. The van der Waals surface area contributed by atoms with Gasteiger partial charge in [-0.05, 0) is 18.9 Å². The van der Waals surface area contributed by atoms with Gasteiger partial charge in [0.2, 0.25) is 5.95 Å². The molecule has 5 heteroatoms. The largest absolute Gasteiger partial charge is 0.375 e. The van der Waals surface area contributed by atoms with Crippen LogP contribution in [-0.4, -0.2) is 41.8 Å². The highest BCUT2D eigenvalue weighted by molar-refractivity contribution is 5.22. The van der Waals surface area contributed by atoms with Gasteiger partial charge in [-0.15, -0.1) is 0 Å². The molecule has 2 fully saturated rings. The minimum atomic E-state index is 0.361. The summed E-state index contributed by atoms with van der Waals surface area (Å²) in [6, 6.07) is 2.37. The zero-order valence-electron chi connectivity index (χ0n) is 9.80. The van der Waals surface area contributed by atoms with E-state index >= 15 is 0 Å². The van der Waals surface area contributed by atoms with Crippen molar-refractivity contribution in [3.8, 4) is 0 Å². The highest BCUT2D eigenvalue weighted by Crippen LogP contribution is 2.30. The molecule has 2 aliphatic rings. The van der Waals surface area contributed by atoms with Gasteiger partial charge in [0.1, 0.15) is 0 Å². The van der Waals surface area contributed by atoms with Crippen LogP contribution < -0.4 is 10.6 Å². The summed E-state index contributed by atoms with van der Waals surface area (Å²) in [6.07, 6.45) is 6.30. The number of ether oxygens (including phenoxy) is 1. The van der Waals surface area contributed by atoms with Crippen molar-refractivity contribution in [3.63, 3.8) is 0 Å². The van der Waals surface area contributed by atoms with E-state index in [1.54, 1.807) is 12.4 Å². The van der Waals surface area contributed by atoms with Crippen LogP contribution in [0.5, 0.6) is 0 Å². The summed E-state index contributed by atoms with van der Waals surface area (Å²) in [5.74, 6) is 1.27. The molecular formula is C12H18N4O. The first-order valence-electron chi connectivity index (χ1n) is 6.29. The lowest BCUT2D eigenvalue weighted by Gasteiger charge is -2.30. The number of fused-ring (bicyclic) bond motifs is 1. The fraction of sp³-hybridized carbons (Fsp3) is 0.667. The molecule has 3 atom stereocenters. The van der Waals surface area contributed by atoms with Gasteiger partial charge in [0.15, 0.2) is 0 Å². The molecule has 0 bridgehead atoms. The second-order valence-corrected chi connectivity index (χ2v) is 4.69. The van der Waals surface area contributed by atoms with Crippen LogP contribution in [0.25, 0.3) is 0 Å². The van der Waals surface area contributed by atoms with E-state index in [-0.39, 0.29) is 0 Å². The third kappa shape index (κ3) is 2.40. The van der Waals surface area contributed by atoms with E-state index in [0.29, 0.717) is 24.0 Å². The maximum absolute atomic E-state index is 5.86. The van der Waals surface area contributed by atoms with Crippen molar-refractivity contribution in [1.29, 1.82) is 0 Å². The fourth-order valence-electron chi connectivity index (χ4n) is 2.79. The van der Waals surface area contributed by atoms with E-state index < -0.39 is 0 Å². The number of rotatable bonds is 3. The smallest absolute Gasteiger partial charge is 0.222 e. The monoisotopic (exact) mass is 234 g/mol. The minimum absolute atomic E-state index is 0.361. The molecule has 17 heavy (non-hydrogen) atoms. The highest BCUT2D eigenvalue weighted by Gasteiger charge is 2.38. The van der Waals surface area contributed by atoms with Crippen LogP contribution >= 0.6 is 0 Å². The van der Waals surface area contributed by atoms with Gasteiger partial charge in [-0.3, -0.25) is 0 Å². The van der Waals surface area contributed by atoms with Gasteiger partial charge in [-0.1, -0.05) is 0 Å². The van der Waals surface area contributed by atoms with Crippen LogP contribution in [0.3, 0.4) is 0 Å². The molecule has 1 aromatic rings. The molecule has 1 aliphatic carbocycles. The molecule has 0 amide bonds. The van der Waals surface area contributed by atoms with Gasteiger partial charge in [-0.2, -0.15) is 0 Å². The molecule has 0 unspecified atom stereocenters. The predicted octanol–water partition coefficient (Wildman–Crippen LogP) is 0.655. The molecule has 1 aliphatic heterocycles. The van der Waals surface area contributed by atoms with Crippen LogP contribution in [0.1, 0.15) is 12.8 Å². The third-order valence-electron chi connectivity index (χ3n) is 3.62. The Bertz CT molecular complexity index is 359. The molecular weight excluding hydrogens is 216 g/mol. The average Bonchev–Trinajstić information content (AvgIpc) is 2.81.